The minimum absolute atomic E-state index is 0.00588. The number of nitro groups is 1. The van der Waals surface area contributed by atoms with Crippen molar-refractivity contribution >= 4 is 28.9 Å². The number of nitrogens with one attached hydrogen (secondary N) is 1. The molecule has 1 N–H and O–H groups in total. The van der Waals surface area contributed by atoms with E-state index in [-0.39, 0.29) is 16.5 Å². The van der Waals surface area contributed by atoms with Crippen LogP contribution in [0.5, 0.6) is 0 Å². The van der Waals surface area contributed by atoms with E-state index in [1.807, 2.05) is 0 Å². The maximum atomic E-state index is 13.2. The van der Waals surface area contributed by atoms with E-state index in [1.165, 1.54) is 36.4 Å². The van der Waals surface area contributed by atoms with Crippen LogP contribution in [0.2, 0.25) is 5.02 Å². The van der Waals surface area contributed by atoms with Gasteiger partial charge in [-0.25, -0.2) is 4.39 Å². The molecule has 3 rings (SSSR count). The summed E-state index contributed by atoms with van der Waals surface area (Å²) in [7, 11) is 0. The van der Waals surface area contributed by atoms with E-state index in [0.717, 1.165) is 0 Å². The lowest BCUT2D eigenvalue weighted by atomic mass is 10.1. The summed E-state index contributed by atoms with van der Waals surface area (Å²) in [4.78, 5) is 22.8. The molecule has 1 amide bonds. The van der Waals surface area contributed by atoms with Crippen molar-refractivity contribution in [2.24, 2.45) is 0 Å². The Kier molecular flexibility index (Phi) is 4.73. The molecular weight excluding hydrogens is 363 g/mol. The van der Waals surface area contributed by atoms with Gasteiger partial charge in [-0.1, -0.05) is 17.7 Å². The fraction of sp³-hybridized carbons (Fsp3) is 0.0556. The molecule has 8 heteroatoms. The first kappa shape index (κ1) is 17.6. The molecular formula is C18H12ClFN2O4. The predicted molar refractivity (Wildman–Crippen MR) is 94.9 cm³/mol. The van der Waals surface area contributed by atoms with Gasteiger partial charge in [0.1, 0.15) is 11.6 Å². The third-order valence-corrected chi connectivity index (χ3v) is 4.07. The molecule has 0 unspecified atom stereocenters. The number of anilines is 1. The molecule has 0 aliphatic heterocycles. The maximum absolute atomic E-state index is 13.2. The fourth-order valence-corrected chi connectivity index (χ4v) is 2.59. The van der Waals surface area contributed by atoms with Crippen molar-refractivity contribution in [1.82, 2.24) is 0 Å². The highest BCUT2D eigenvalue weighted by Crippen LogP contribution is 2.28. The van der Waals surface area contributed by atoms with E-state index < -0.39 is 16.6 Å². The Hall–Kier alpha value is -3.19. The van der Waals surface area contributed by atoms with E-state index in [0.29, 0.717) is 22.6 Å². The van der Waals surface area contributed by atoms with Crippen molar-refractivity contribution < 1.29 is 18.5 Å². The van der Waals surface area contributed by atoms with Crippen LogP contribution in [0, 0.1) is 22.9 Å². The van der Waals surface area contributed by atoms with Crippen molar-refractivity contribution in [3.63, 3.8) is 0 Å². The number of hydrogen-bond acceptors (Lipinski definition) is 4. The zero-order chi connectivity index (χ0) is 18.8. The standard InChI is InChI=1S/C18H12ClFN2O4/c1-10-14(3-2-4-15(10)22(24)25)21-18(23)17-8-7-16(26-17)11-5-6-13(20)12(19)9-11/h2-9H,1H3,(H,21,23). The van der Waals surface area contributed by atoms with Gasteiger partial charge < -0.3 is 9.73 Å². The first-order chi connectivity index (χ1) is 12.4. The van der Waals surface area contributed by atoms with Gasteiger partial charge in [0.2, 0.25) is 0 Å². The van der Waals surface area contributed by atoms with Crippen molar-refractivity contribution in [3.8, 4) is 11.3 Å². The zero-order valence-corrected chi connectivity index (χ0v) is 14.2. The second-order valence-electron chi connectivity index (χ2n) is 5.45. The van der Waals surface area contributed by atoms with E-state index in [4.69, 9.17) is 16.0 Å². The Bertz CT molecular complexity index is 1020. The van der Waals surface area contributed by atoms with Crippen LogP contribution in [0.4, 0.5) is 15.8 Å². The van der Waals surface area contributed by atoms with Crippen LogP contribution in [0.25, 0.3) is 11.3 Å². The van der Waals surface area contributed by atoms with Crippen LogP contribution in [0.15, 0.2) is 52.9 Å². The quantitative estimate of drug-likeness (QED) is 0.502. The summed E-state index contributed by atoms with van der Waals surface area (Å²) >= 11 is 5.75. The number of nitro benzene ring substituents is 1. The minimum Gasteiger partial charge on any atom is -0.451 e. The van der Waals surface area contributed by atoms with E-state index in [2.05, 4.69) is 5.32 Å². The van der Waals surface area contributed by atoms with E-state index in [1.54, 1.807) is 19.1 Å². The third-order valence-electron chi connectivity index (χ3n) is 3.78. The molecule has 0 saturated heterocycles. The molecule has 0 aliphatic carbocycles. The smallest absolute Gasteiger partial charge is 0.291 e. The Morgan fingerprint density at radius 3 is 2.69 bits per heavy atom. The van der Waals surface area contributed by atoms with Crippen LogP contribution in [-0.2, 0) is 0 Å². The molecule has 0 saturated carbocycles. The Labute approximate surface area is 152 Å². The summed E-state index contributed by atoms with van der Waals surface area (Å²) in [5, 5.41) is 13.5. The summed E-state index contributed by atoms with van der Waals surface area (Å²) < 4.78 is 18.7. The van der Waals surface area contributed by atoms with Gasteiger partial charge in [0.15, 0.2) is 5.76 Å². The number of furan rings is 1. The van der Waals surface area contributed by atoms with Crippen molar-refractivity contribution in [3.05, 3.63) is 80.8 Å². The van der Waals surface area contributed by atoms with Gasteiger partial charge in [-0.2, -0.15) is 0 Å². The molecule has 0 bridgehead atoms. The number of rotatable bonds is 4. The summed E-state index contributed by atoms with van der Waals surface area (Å²) in [5.74, 6) is -0.770. The molecule has 132 valence electrons. The lowest BCUT2D eigenvalue weighted by molar-refractivity contribution is -0.385. The Morgan fingerprint density at radius 2 is 2.00 bits per heavy atom. The largest absolute Gasteiger partial charge is 0.451 e. The number of nitrogens with zero attached hydrogens (tertiary/aromatic N) is 1. The van der Waals surface area contributed by atoms with Gasteiger partial charge >= 0.3 is 0 Å². The highest BCUT2D eigenvalue weighted by Gasteiger charge is 2.18. The van der Waals surface area contributed by atoms with Crippen molar-refractivity contribution in [1.29, 1.82) is 0 Å². The molecule has 3 aromatic rings. The minimum atomic E-state index is -0.562. The Morgan fingerprint density at radius 1 is 1.23 bits per heavy atom. The van der Waals surface area contributed by atoms with Gasteiger partial charge in [-0.3, -0.25) is 14.9 Å². The number of amides is 1. The van der Waals surface area contributed by atoms with Gasteiger partial charge in [0.05, 0.1) is 21.2 Å². The molecule has 1 aromatic heterocycles. The molecule has 0 spiro atoms. The fourth-order valence-electron chi connectivity index (χ4n) is 2.41. The molecule has 0 aliphatic rings. The number of hydrogen-bond donors (Lipinski definition) is 1. The van der Waals surface area contributed by atoms with Crippen molar-refractivity contribution in [2.45, 2.75) is 6.92 Å². The summed E-state index contributed by atoms with van der Waals surface area (Å²) in [6.45, 7) is 1.54. The van der Waals surface area contributed by atoms with Gasteiger partial charge in [-0.15, -0.1) is 0 Å². The highest BCUT2D eigenvalue weighted by molar-refractivity contribution is 6.31. The van der Waals surface area contributed by atoms with Gasteiger partial charge in [0, 0.05) is 11.6 Å². The van der Waals surface area contributed by atoms with Crippen LogP contribution in [0.3, 0.4) is 0 Å². The first-order valence-electron chi connectivity index (χ1n) is 7.47. The molecule has 0 radical (unpaired) electrons. The summed E-state index contributed by atoms with van der Waals surface area (Å²) in [5.41, 5.74) is 1.07. The third kappa shape index (κ3) is 3.43. The highest BCUT2D eigenvalue weighted by atomic mass is 35.5. The molecule has 0 atom stereocenters. The first-order valence-corrected chi connectivity index (χ1v) is 7.85. The van der Waals surface area contributed by atoms with Crippen LogP contribution >= 0.6 is 11.6 Å². The average molecular weight is 375 g/mol. The maximum Gasteiger partial charge on any atom is 0.291 e. The Balaban J connectivity index is 1.84. The van der Waals surface area contributed by atoms with Gasteiger partial charge in [0.25, 0.3) is 11.6 Å². The SMILES string of the molecule is Cc1c(NC(=O)c2ccc(-c3ccc(F)c(Cl)c3)o2)cccc1[N+](=O)[O-]. The van der Waals surface area contributed by atoms with Crippen LogP contribution in [-0.4, -0.2) is 10.8 Å². The van der Waals surface area contributed by atoms with E-state index >= 15 is 0 Å². The predicted octanol–water partition coefficient (Wildman–Crippen LogP) is 5.21. The average Bonchev–Trinajstić information content (AvgIpc) is 3.09. The number of carbonyl (C=O) groups is 1. The number of halogens is 2. The second kappa shape index (κ2) is 6.97. The number of benzene rings is 2. The van der Waals surface area contributed by atoms with Crippen LogP contribution < -0.4 is 5.32 Å². The topological polar surface area (TPSA) is 85.4 Å². The lowest BCUT2D eigenvalue weighted by Gasteiger charge is -2.07. The number of carbonyl (C=O) groups excluding carboxylic acids is 1. The van der Waals surface area contributed by atoms with E-state index in [9.17, 15) is 19.3 Å². The van der Waals surface area contributed by atoms with Crippen molar-refractivity contribution in [2.75, 3.05) is 5.32 Å². The summed E-state index contributed by atoms with van der Waals surface area (Å²) in [6, 6.07) is 11.5. The molecule has 2 aromatic carbocycles. The monoisotopic (exact) mass is 374 g/mol. The molecule has 26 heavy (non-hydrogen) atoms. The van der Waals surface area contributed by atoms with Crippen LogP contribution in [0.1, 0.15) is 16.1 Å². The lowest BCUT2D eigenvalue weighted by Crippen LogP contribution is -2.12. The zero-order valence-electron chi connectivity index (χ0n) is 13.5. The normalized spacial score (nSPS) is 10.6. The molecule has 0 fully saturated rings. The second-order valence-corrected chi connectivity index (χ2v) is 5.86. The van der Waals surface area contributed by atoms with Gasteiger partial charge in [-0.05, 0) is 43.3 Å². The summed E-state index contributed by atoms with van der Waals surface area (Å²) in [6.07, 6.45) is 0. The molecule has 1 heterocycles. The molecule has 6 nitrogen and oxygen atoms in total.